The fourth-order valence-electron chi connectivity index (χ4n) is 0.236. The average molecular weight is 193 g/mol. The van der Waals surface area contributed by atoms with Gasteiger partial charge in [-0.15, -0.1) is 0 Å². The maximum Gasteiger partial charge on any atom is 0.421 e. The number of carbonyl (C=O) groups is 2. The fraction of sp³-hybridized carbons (Fsp3) is 0.600. The third kappa shape index (κ3) is 17.9. The number of hydrogen-bond donors (Lipinski definition) is 5. The Bertz CT molecular complexity index is 151. The number of hydrogen-bond acceptors (Lipinski definition) is 5. The van der Waals surface area contributed by atoms with Crippen molar-refractivity contribution in [3.63, 3.8) is 0 Å². The van der Waals surface area contributed by atoms with E-state index in [4.69, 9.17) is 0 Å². The number of urea groups is 1. The second-order valence-electron chi connectivity index (χ2n) is 1.79. The lowest BCUT2D eigenvalue weighted by atomic mass is 10.5. The molecule has 0 aromatic rings. The smallest absolute Gasteiger partial charge is 0.421 e. The zero-order valence-electron chi connectivity index (χ0n) is 7.37. The molecule has 0 radical (unpaired) electrons. The monoisotopic (exact) mass is 193 g/mol. The van der Waals surface area contributed by atoms with E-state index in [1.165, 1.54) is 0 Å². The van der Waals surface area contributed by atoms with Crippen LogP contribution in [0.15, 0.2) is 0 Å². The lowest BCUT2D eigenvalue weighted by molar-refractivity contribution is 0.146. The molecule has 8 N–H and O–H groups in total. The number of primary amides is 1. The normalized spacial score (nSPS) is 7.62. The minimum Gasteiger partial charge on any atom is -0.449 e. The van der Waals surface area contributed by atoms with Gasteiger partial charge in [0.15, 0.2) is 0 Å². The van der Waals surface area contributed by atoms with Crippen molar-refractivity contribution in [3.8, 4) is 0 Å². The topological polar surface area (TPSA) is 145 Å². The van der Waals surface area contributed by atoms with E-state index in [2.05, 4.69) is 22.2 Å². The van der Waals surface area contributed by atoms with Crippen molar-refractivity contribution in [2.75, 3.05) is 6.61 Å². The Balaban J connectivity index is 0. The lowest BCUT2D eigenvalue weighted by Gasteiger charge is -1.98. The van der Waals surface area contributed by atoms with E-state index in [0.29, 0.717) is 6.61 Å². The van der Waals surface area contributed by atoms with Crippen molar-refractivity contribution in [1.82, 2.24) is 10.9 Å². The van der Waals surface area contributed by atoms with Gasteiger partial charge in [0.05, 0.1) is 6.61 Å². The number of nitrogens with one attached hydrogen (secondary N) is 2. The van der Waals surface area contributed by atoms with Crippen molar-refractivity contribution in [2.24, 2.45) is 17.4 Å². The van der Waals surface area contributed by atoms with Crippen LogP contribution in [0.2, 0.25) is 0 Å². The second-order valence-corrected chi connectivity index (χ2v) is 1.79. The van der Waals surface area contributed by atoms with Crippen LogP contribution in [0.1, 0.15) is 13.3 Å². The van der Waals surface area contributed by atoms with Crippen molar-refractivity contribution >= 4 is 12.1 Å². The first-order valence-corrected chi connectivity index (χ1v) is 3.47. The average Bonchev–Trinajstić information content (AvgIpc) is 2.15. The summed E-state index contributed by atoms with van der Waals surface area (Å²) in [5.41, 5.74) is 7.92. The van der Waals surface area contributed by atoms with Gasteiger partial charge in [0, 0.05) is 0 Å². The van der Waals surface area contributed by atoms with Crippen molar-refractivity contribution in [3.05, 3.63) is 0 Å². The molecule has 0 atom stereocenters. The number of amides is 3. The number of carbonyl (C=O) groups excluding carboxylic acids is 2. The zero-order valence-corrected chi connectivity index (χ0v) is 7.37. The molecule has 13 heavy (non-hydrogen) atoms. The van der Waals surface area contributed by atoms with E-state index in [9.17, 15) is 9.59 Å². The number of rotatable bonds is 2. The summed E-state index contributed by atoms with van der Waals surface area (Å²) in [5, 5.41) is 0. The van der Waals surface area contributed by atoms with E-state index in [1.54, 1.807) is 5.43 Å². The predicted octanol–water partition coefficient (Wildman–Crippen LogP) is -1.48. The molecule has 0 aromatic heterocycles. The predicted molar refractivity (Wildman–Crippen MR) is 45.9 cm³/mol. The molecule has 0 rings (SSSR count). The van der Waals surface area contributed by atoms with Crippen molar-refractivity contribution in [2.45, 2.75) is 13.3 Å². The third-order valence-electron chi connectivity index (χ3n) is 0.697. The molecule has 0 spiro atoms. The van der Waals surface area contributed by atoms with Gasteiger partial charge in [0.25, 0.3) is 0 Å². The highest BCUT2D eigenvalue weighted by molar-refractivity contribution is 5.70. The van der Waals surface area contributed by atoms with Crippen molar-refractivity contribution in [1.29, 1.82) is 0 Å². The minimum atomic E-state index is -0.718. The molecule has 0 bridgehead atoms. The molecule has 8 heteroatoms. The molecule has 0 unspecified atom stereocenters. The lowest BCUT2D eigenvalue weighted by Crippen LogP contribution is -2.34. The van der Waals surface area contributed by atoms with E-state index in [-0.39, 0.29) is 0 Å². The molecule has 0 fully saturated rings. The van der Waals surface area contributed by atoms with Gasteiger partial charge in [0.2, 0.25) is 0 Å². The van der Waals surface area contributed by atoms with Crippen molar-refractivity contribution < 1.29 is 14.3 Å². The van der Waals surface area contributed by atoms with Gasteiger partial charge in [-0.2, -0.15) is 0 Å². The van der Waals surface area contributed by atoms with Gasteiger partial charge in [-0.3, -0.25) is 10.9 Å². The van der Waals surface area contributed by atoms with Crippen LogP contribution < -0.4 is 28.3 Å². The van der Waals surface area contributed by atoms with Crippen LogP contribution in [0.4, 0.5) is 9.59 Å². The van der Waals surface area contributed by atoms with Crippen LogP contribution in [-0.4, -0.2) is 18.7 Å². The van der Waals surface area contributed by atoms with Crippen LogP contribution in [0, 0.1) is 0 Å². The first-order chi connectivity index (χ1) is 6.08. The largest absolute Gasteiger partial charge is 0.449 e. The maximum atomic E-state index is 10.1. The van der Waals surface area contributed by atoms with Crippen LogP contribution >= 0.6 is 0 Å². The van der Waals surface area contributed by atoms with Gasteiger partial charge in [-0.05, 0) is 6.42 Å². The molecule has 0 saturated carbocycles. The van der Waals surface area contributed by atoms with Crippen LogP contribution in [0.25, 0.3) is 0 Å². The molecular formula is C5H15N5O3. The molecule has 0 aromatic carbocycles. The standard InChI is InChI=1S/C4H10N2O2.CH5N3O/c1-2-3-8-4(7)6-5;2-1(5)4-3/h2-3,5H2,1H3,(H,6,7);3H2,(H3,2,4,5). The van der Waals surface area contributed by atoms with Gasteiger partial charge in [-0.25, -0.2) is 21.3 Å². The number of ether oxygens (including phenoxy) is 1. The highest BCUT2D eigenvalue weighted by atomic mass is 16.5. The highest BCUT2D eigenvalue weighted by Crippen LogP contribution is 1.78. The van der Waals surface area contributed by atoms with Crippen LogP contribution in [-0.2, 0) is 4.74 Å². The summed E-state index contributed by atoms with van der Waals surface area (Å²) in [5.74, 6) is 9.14. The Morgan fingerprint density at radius 2 is 1.77 bits per heavy atom. The summed E-state index contributed by atoms with van der Waals surface area (Å²) >= 11 is 0. The quantitative estimate of drug-likeness (QED) is 0.206. The Labute approximate surface area is 75.7 Å². The molecule has 8 nitrogen and oxygen atoms in total. The zero-order chi connectivity index (χ0) is 10.7. The number of hydrazine groups is 2. The number of nitrogens with two attached hydrogens (primary N) is 3. The van der Waals surface area contributed by atoms with Gasteiger partial charge < -0.3 is 10.5 Å². The molecule has 78 valence electrons. The Morgan fingerprint density at radius 3 is 2.00 bits per heavy atom. The SMILES string of the molecule is CCCOC(=O)NN.NNC(N)=O. The third-order valence-corrected chi connectivity index (χ3v) is 0.697. The maximum absolute atomic E-state index is 10.1. The Morgan fingerprint density at radius 1 is 1.31 bits per heavy atom. The van der Waals surface area contributed by atoms with E-state index >= 15 is 0 Å². The summed E-state index contributed by atoms with van der Waals surface area (Å²) in [6.45, 7) is 2.33. The molecule has 0 aliphatic rings. The molecule has 3 amide bonds. The molecule has 0 aliphatic heterocycles. The van der Waals surface area contributed by atoms with Gasteiger partial charge >= 0.3 is 12.1 Å². The summed E-state index contributed by atoms with van der Waals surface area (Å²) in [7, 11) is 0. The van der Waals surface area contributed by atoms with E-state index in [1.807, 2.05) is 12.3 Å². The van der Waals surface area contributed by atoms with Crippen LogP contribution in [0.5, 0.6) is 0 Å². The first-order valence-electron chi connectivity index (χ1n) is 3.47. The highest BCUT2D eigenvalue weighted by Gasteiger charge is 1.92. The molecule has 0 aliphatic carbocycles. The Hall–Kier alpha value is -1.54. The Kier molecular flexibility index (Phi) is 11.3. The summed E-state index contributed by atoms with van der Waals surface area (Å²) in [6.07, 6.45) is 0.236. The van der Waals surface area contributed by atoms with E-state index in [0.717, 1.165) is 6.42 Å². The summed E-state index contributed by atoms with van der Waals surface area (Å²) in [6, 6.07) is -0.718. The fourth-order valence-corrected chi connectivity index (χ4v) is 0.236. The first kappa shape index (κ1) is 14.0. The molecule has 0 heterocycles. The van der Waals surface area contributed by atoms with Gasteiger partial charge in [0.1, 0.15) is 0 Å². The van der Waals surface area contributed by atoms with Gasteiger partial charge in [-0.1, -0.05) is 6.92 Å². The second kappa shape index (κ2) is 10.5. The summed E-state index contributed by atoms with van der Waals surface area (Å²) < 4.78 is 4.47. The summed E-state index contributed by atoms with van der Waals surface area (Å²) in [4.78, 5) is 19.5. The van der Waals surface area contributed by atoms with Crippen LogP contribution in [0.3, 0.4) is 0 Å². The molecule has 0 saturated heterocycles. The molecular weight excluding hydrogens is 178 g/mol. The van der Waals surface area contributed by atoms with E-state index < -0.39 is 12.1 Å². The minimum absolute atomic E-state index is 0.420.